The van der Waals surface area contributed by atoms with Crippen molar-refractivity contribution in [2.24, 2.45) is 11.7 Å². The number of alkyl halides is 1. The molecule has 0 aromatic heterocycles. The fourth-order valence-corrected chi connectivity index (χ4v) is 1.00. The topological polar surface area (TPSA) is 26.0 Å². The van der Waals surface area contributed by atoms with E-state index in [4.69, 9.17) is 17.3 Å². The Bertz CT molecular complexity index is 65.9. The van der Waals surface area contributed by atoms with Crippen LogP contribution in [0.1, 0.15) is 20.3 Å². The number of nitrogens with two attached hydrogens (primary N) is 1. The molecule has 1 radical (unpaired) electrons. The van der Waals surface area contributed by atoms with E-state index in [2.05, 4.69) is 13.3 Å². The molecule has 2 heteroatoms. The zero-order valence-corrected chi connectivity index (χ0v) is 6.86. The van der Waals surface area contributed by atoms with Crippen LogP contribution >= 0.6 is 11.6 Å². The van der Waals surface area contributed by atoms with Crippen LogP contribution in [0.3, 0.4) is 0 Å². The molecular formula is C7H15ClN. The van der Waals surface area contributed by atoms with E-state index >= 15 is 0 Å². The summed E-state index contributed by atoms with van der Waals surface area (Å²) in [5, 5.41) is 0. The summed E-state index contributed by atoms with van der Waals surface area (Å²) in [5.74, 6) is 1.09. The van der Waals surface area contributed by atoms with Crippen LogP contribution < -0.4 is 5.73 Å². The molecule has 0 saturated heterocycles. The van der Waals surface area contributed by atoms with Gasteiger partial charge in [-0.3, -0.25) is 0 Å². The Balaban J connectivity index is 3.32. The summed E-state index contributed by atoms with van der Waals surface area (Å²) in [4.78, 5) is 0. The molecule has 2 unspecified atom stereocenters. The number of hydrogen-bond donors (Lipinski definition) is 1. The smallest absolute Gasteiger partial charge is 0.0377 e. The third kappa shape index (κ3) is 3.77. The van der Waals surface area contributed by atoms with Crippen LogP contribution in [0.25, 0.3) is 0 Å². The summed E-state index contributed by atoms with van der Waals surface area (Å²) in [5.41, 5.74) is 5.65. The lowest BCUT2D eigenvalue weighted by Crippen LogP contribution is -2.29. The molecule has 55 valence electrons. The van der Waals surface area contributed by atoms with Crippen molar-refractivity contribution in [3.05, 3.63) is 6.42 Å². The van der Waals surface area contributed by atoms with Crippen LogP contribution in [-0.4, -0.2) is 11.9 Å². The SMILES string of the molecule is C[CH]CC(C)C(N)CCl. The Morgan fingerprint density at radius 3 is 2.56 bits per heavy atom. The maximum absolute atomic E-state index is 5.65. The minimum Gasteiger partial charge on any atom is -0.326 e. The fourth-order valence-electron chi connectivity index (χ4n) is 0.699. The lowest BCUT2D eigenvalue weighted by molar-refractivity contribution is 0.481. The lowest BCUT2D eigenvalue weighted by atomic mass is 9.99. The first-order valence-corrected chi connectivity index (χ1v) is 3.85. The largest absolute Gasteiger partial charge is 0.326 e. The van der Waals surface area contributed by atoms with Crippen LogP contribution in [0.5, 0.6) is 0 Å². The summed E-state index contributed by atoms with van der Waals surface area (Å²) in [6.07, 6.45) is 3.19. The normalized spacial score (nSPS) is 17.3. The molecule has 0 amide bonds. The molecule has 0 fully saturated rings. The third-order valence-electron chi connectivity index (χ3n) is 1.52. The van der Waals surface area contributed by atoms with Crippen molar-refractivity contribution in [2.75, 3.05) is 5.88 Å². The fraction of sp³-hybridized carbons (Fsp3) is 0.857. The monoisotopic (exact) mass is 148 g/mol. The minimum atomic E-state index is 0.155. The average Bonchev–Trinajstić information content (AvgIpc) is 1.87. The van der Waals surface area contributed by atoms with E-state index in [-0.39, 0.29) is 6.04 Å². The van der Waals surface area contributed by atoms with Gasteiger partial charge in [0.15, 0.2) is 0 Å². The Labute approximate surface area is 62.6 Å². The van der Waals surface area contributed by atoms with Gasteiger partial charge in [0.2, 0.25) is 0 Å². The van der Waals surface area contributed by atoms with E-state index in [1.807, 2.05) is 6.92 Å². The molecule has 0 aromatic carbocycles. The van der Waals surface area contributed by atoms with Crippen LogP contribution in [0, 0.1) is 12.3 Å². The van der Waals surface area contributed by atoms with Crippen LogP contribution in [0.15, 0.2) is 0 Å². The van der Waals surface area contributed by atoms with Crippen LogP contribution in [0.4, 0.5) is 0 Å². The molecule has 0 bridgehead atoms. The standard InChI is InChI=1S/C7H15ClN/c1-3-4-6(2)7(9)5-8/h3,6-7H,4-5,9H2,1-2H3. The third-order valence-corrected chi connectivity index (χ3v) is 1.87. The second-order valence-corrected chi connectivity index (χ2v) is 2.75. The maximum Gasteiger partial charge on any atom is 0.0377 e. The Hall–Kier alpha value is 0.250. The minimum absolute atomic E-state index is 0.155. The molecule has 0 spiro atoms. The van der Waals surface area contributed by atoms with Gasteiger partial charge in [0, 0.05) is 11.9 Å². The van der Waals surface area contributed by atoms with Gasteiger partial charge in [-0.15, -0.1) is 11.6 Å². The highest BCUT2D eigenvalue weighted by Gasteiger charge is 2.08. The first kappa shape index (κ1) is 9.25. The zero-order chi connectivity index (χ0) is 7.28. The molecule has 0 aliphatic carbocycles. The summed E-state index contributed by atoms with van der Waals surface area (Å²) in [6.45, 7) is 4.16. The van der Waals surface area contributed by atoms with Crippen molar-refractivity contribution < 1.29 is 0 Å². The van der Waals surface area contributed by atoms with E-state index < -0.39 is 0 Å². The van der Waals surface area contributed by atoms with Gasteiger partial charge in [-0.2, -0.15) is 0 Å². The Morgan fingerprint density at radius 1 is 1.67 bits per heavy atom. The van der Waals surface area contributed by atoms with Crippen molar-refractivity contribution in [1.29, 1.82) is 0 Å². The second-order valence-electron chi connectivity index (χ2n) is 2.44. The molecule has 9 heavy (non-hydrogen) atoms. The first-order chi connectivity index (χ1) is 4.22. The predicted molar refractivity (Wildman–Crippen MR) is 42.5 cm³/mol. The van der Waals surface area contributed by atoms with Gasteiger partial charge < -0.3 is 5.73 Å². The number of hydrogen-bond acceptors (Lipinski definition) is 1. The van der Waals surface area contributed by atoms with Crippen molar-refractivity contribution in [3.63, 3.8) is 0 Å². The lowest BCUT2D eigenvalue weighted by Gasteiger charge is -2.15. The maximum atomic E-state index is 5.65. The highest BCUT2D eigenvalue weighted by atomic mass is 35.5. The van der Waals surface area contributed by atoms with Gasteiger partial charge >= 0.3 is 0 Å². The van der Waals surface area contributed by atoms with Gasteiger partial charge in [0.25, 0.3) is 0 Å². The summed E-state index contributed by atoms with van der Waals surface area (Å²) < 4.78 is 0. The van der Waals surface area contributed by atoms with E-state index in [0.29, 0.717) is 11.8 Å². The Morgan fingerprint density at radius 2 is 2.22 bits per heavy atom. The molecular weight excluding hydrogens is 134 g/mol. The predicted octanol–water partition coefficient (Wildman–Crippen LogP) is 1.80. The van der Waals surface area contributed by atoms with E-state index in [1.54, 1.807) is 0 Å². The quantitative estimate of drug-likeness (QED) is 0.605. The molecule has 0 aliphatic heterocycles. The molecule has 0 rings (SSSR count). The molecule has 0 heterocycles. The molecule has 0 aliphatic rings. The Kier molecular flexibility index (Phi) is 5.21. The average molecular weight is 149 g/mol. The van der Waals surface area contributed by atoms with Crippen LogP contribution in [0.2, 0.25) is 0 Å². The molecule has 2 atom stereocenters. The highest BCUT2D eigenvalue weighted by Crippen LogP contribution is 2.08. The molecule has 0 aromatic rings. The zero-order valence-electron chi connectivity index (χ0n) is 6.10. The highest BCUT2D eigenvalue weighted by molar-refractivity contribution is 6.18. The molecule has 1 nitrogen and oxygen atoms in total. The summed E-state index contributed by atoms with van der Waals surface area (Å²) in [6, 6.07) is 0.155. The van der Waals surface area contributed by atoms with Crippen molar-refractivity contribution in [1.82, 2.24) is 0 Å². The summed E-state index contributed by atoms with van der Waals surface area (Å²) >= 11 is 5.54. The van der Waals surface area contributed by atoms with Gasteiger partial charge in [-0.1, -0.05) is 13.8 Å². The van der Waals surface area contributed by atoms with Crippen molar-refractivity contribution in [3.8, 4) is 0 Å². The second kappa shape index (κ2) is 5.07. The summed E-state index contributed by atoms with van der Waals surface area (Å²) in [7, 11) is 0. The van der Waals surface area contributed by atoms with Crippen molar-refractivity contribution >= 4 is 11.6 Å². The first-order valence-electron chi connectivity index (χ1n) is 3.31. The molecule has 0 saturated carbocycles. The van der Waals surface area contributed by atoms with E-state index in [0.717, 1.165) is 6.42 Å². The van der Waals surface area contributed by atoms with E-state index in [1.165, 1.54) is 0 Å². The number of halogens is 1. The molecule has 2 N–H and O–H groups in total. The van der Waals surface area contributed by atoms with Gasteiger partial charge in [-0.05, 0) is 18.8 Å². The van der Waals surface area contributed by atoms with Gasteiger partial charge in [0.1, 0.15) is 0 Å². The van der Waals surface area contributed by atoms with Crippen LogP contribution in [-0.2, 0) is 0 Å². The van der Waals surface area contributed by atoms with Crippen molar-refractivity contribution in [2.45, 2.75) is 26.3 Å². The van der Waals surface area contributed by atoms with E-state index in [9.17, 15) is 0 Å². The van der Waals surface area contributed by atoms with Gasteiger partial charge in [0.05, 0.1) is 0 Å². The number of rotatable bonds is 4. The van der Waals surface area contributed by atoms with Gasteiger partial charge in [-0.25, -0.2) is 0 Å².